The van der Waals surface area contributed by atoms with Gasteiger partial charge >= 0.3 is 0 Å². The van der Waals surface area contributed by atoms with Crippen LogP contribution in [0.2, 0.25) is 0 Å². The van der Waals surface area contributed by atoms with Crippen molar-refractivity contribution in [2.45, 2.75) is 44.7 Å². The number of nitrogens with zero attached hydrogens (tertiary/aromatic N) is 4. The first-order chi connectivity index (χ1) is 18.3. The number of thioether (sulfide) groups is 1. The lowest BCUT2D eigenvalue weighted by Gasteiger charge is -2.19. The van der Waals surface area contributed by atoms with E-state index in [1.54, 1.807) is 6.21 Å². The lowest BCUT2D eigenvalue weighted by molar-refractivity contribution is -0.118. The largest absolute Gasteiger partial charge is 0.494 e. The number of rotatable bonds is 10. The topological polar surface area (TPSA) is 81.4 Å². The lowest BCUT2D eigenvalue weighted by atomic mass is 9.87. The Morgan fingerprint density at radius 3 is 2.37 bits per heavy atom. The molecule has 196 valence electrons. The van der Waals surface area contributed by atoms with Gasteiger partial charge in [0.25, 0.3) is 5.91 Å². The van der Waals surface area contributed by atoms with Gasteiger partial charge in [-0.1, -0.05) is 81.9 Å². The van der Waals surface area contributed by atoms with Gasteiger partial charge in [-0.2, -0.15) is 5.10 Å². The first-order valence-corrected chi connectivity index (χ1v) is 13.6. The molecule has 0 saturated heterocycles. The number of carbonyl (C=O) groups excluding carboxylic acids is 1. The van der Waals surface area contributed by atoms with Crippen LogP contribution < -0.4 is 10.2 Å². The number of ether oxygens (including phenoxy) is 1. The second kappa shape index (κ2) is 12.6. The highest BCUT2D eigenvalue weighted by Gasteiger charge is 2.19. The Hall–Kier alpha value is -3.91. The third-order valence-electron chi connectivity index (χ3n) is 5.75. The van der Waals surface area contributed by atoms with Crippen LogP contribution in [0.25, 0.3) is 17.1 Å². The normalized spacial score (nSPS) is 11.6. The first-order valence-electron chi connectivity index (χ1n) is 12.6. The molecule has 0 atom stereocenters. The predicted octanol–water partition coefficient (Wildman–Crippen LogP) is 6.26. The smallest absolute Gasteiger partial charge is 0.250 e. The highest BCUT2D eigenvalue weighted by Crippen LogP contribution is 2.30. The number of nitrogens with one attached hydrogen (secondary N) is 1. The van der Waals surface area contributed by atoms with E-state index in [9.17, 15) is 4.79 Å². The number of hydrogen-bond donors (Lipinski definition) is 1. The third kappa shape index (κ3) is 7.10. The SMILES string of the molecule is CCCOc1ccc(C=NNC(=O)CSc2nnc(-c3ccc(C(C)(C)C)cc3)n2-c2ccccc2)cc1. The molecule has 0 spiro atoms. The van der Waals surface area contributed by atoms with Gasteiger partial charge in [0.2, 0.25) is 0 Å². The molecule has 0 aliphatic rings. The summed E-state index contributed by atoms with van der Waals surface area (Å²) in [6, 6.07) is 25.9. The molecule has 4 rings (SSSR count). The molecule has 3 aromatic carbocycles. The minimum Gasteiger partial charge on any atom is -0.494 e. The van der Waals surface area contributed by atoms with Crippen molar-refractivity contribution in [1.82, 2.24) is 20.2 Å². The summed E-state index contributed by atoms with van der Waals surface area (Å²) < 4.78 is 7.57. The van der Waals surface area contributed by atoms with E-state index in [0.29, 0.717) is 11.8 Å². The summed E-state index contributed by atoms with van der Waals surface area (Å²) in [5.74, 6) is 1.46. The fraction of sp³-hybridized carbons (Fsp3) is 0.267. The molecule has 7 nitrogen and oxygen atoms in total. The molecule has 0 fully saturated rings. The van der Waals surface area contributed by atoms with Gasteiger partial charge in [0, 0.05) is 11.3 Å². The van der Waals surface area contributed by atoms with Crippen LogP contribution in [-0.4, -0.2) is 39.2 Å². The Bertz CT molecular complexity index is 1360. The molecule has 0 saturated carbocycles. The molecule has 1 aromatic heterocycles. The van der Waals surface area contributed by atoms with Gasteiger partial charge in [0.1, 0.15) is 5.75 Å². The monoisotopic (exact) mass is 527 g/mol. The maximum absolute atomic E-state index is 12.5. The van der Waals surface area contributed by atoms with Crippen molar-refractivity contribution >= 4 is 23.9 Å². The fourth-order valence-corrected chi connectivity index (χ4v) is 4.44. The Balaban J connectivity index is 1.44. The van der Waals surface area contributed by atoms with Gasteiger partial charge < -0.3 is 4.74 Å². The first kappa shape index (κ1) is 27.1. The number of para-hydroxylation sites is 1. The van der Waals surface area contributed by atoms with E-state index in [1.807, 2.05) is 59.2 Å². The maximum atomic E-state index is 12.5. The summed E-state index contributed by atoms with van der Waals surface area (Å²) in [5.41, 5.74) is 6.66. The number of aromatic nitrogens is 3. The standard InChI is InChI=1S/C30H33N5O2S/c1-5-19-37-26-17-11-22(12-18-26)20-31-32-27(36)21-38-29-34-33-28(35(29)25-9-7-6-8-10-25)23-13-15-24(16-14-23)30(2,3)4/h6-18,20H,5,19,21H2,1-4H3,(H,32,36). The summed E-state index contributed by atoms with van der Waals surface area (Å²) in [6.07, 6.45) is 2.57. The quantitative estimate of drug-likeness (QED) is 0.149. The fourth-order valence-electron chi connectivity index (χ4n) is 3.69. The van der Waals surface area contributed by atoms with Gasteiger partial charge in [-0.05, 0) is 59.4 Å². The minimum atomic E-state index is -0.229. The molecule has 1 amide bonds. The molecule has 0 aliphatic heterocycles. The zero-order valence-corrected chi connectivity index (χ0v) is 23.0. The van der Waals surface area contributed by atoms with Crippen LogP contribution in [0.3, 0.4) is 0 Å². The molecule has 1 heterocycles. The van der Waals surface area contributed by atoms with Gasteiger partial charge in [0.15, 0.2) is 11.0 Å². The Morgan fingerprint density at radius 2 is 1.71 bits per heavy atom. The average molecular weight is 528 g/mol. The number of hydrogen-bond acceptors (Lipinski definition) is 6. The van der Waals surface area contributed by atoms with Gasteiger partial charge in [-0.3, -0.25) is 9.36 Å². The zero-order chi connectivity index (χ0) is 27.0. The van der Waals surface area contributed by atoms with E-state index in [2.05, 4.69) is 72.7 Å². The summed E-state index contributed by atoms with van der Waals surface area (Å²) in [7, 11) is 0. The van der Waals surface area contributed by atoms with Crippen LogP contribution in [0.1, 0.15) is 45.2 Å². The van der Waals surface area contributed by atoms with Gasteiger partial charge in [-0.25, -0.2) is 5.43 Å². The highest BCUT2D eigenvalue weighted by molar-refractivity contribution is 7.99. The molecule has 8 heteroatoms. The molecule has 0 radical (unpaired) electrons. The molecule has 0 bridgehead atoms. The van der Waals surface area contributed by atoms with Crippen molar-refractivity contribution < 1.29 is 9.53 Å². The van der Waals surface area contributed by atoms with E-state index < -0.39 is 0 Å². The molecule has 0 unspecified atom stereocenters. The predicted molar refractivity (Wildman–Crippen MR) is 154 cm³/mol. The summed E-state index contributed by atoms with van der Waals surface area (Å²) in [6.45, 7) is 9.33. The van der Waals surface area contributed by atoms with Crippen LogP contribution in [0.15, 0.2) is 89.1 Å². The number of hydrazone groups is 1. The van der Waals surface area contributed by atoms with Crippen molar-refractivity contribution in [2.24, 2.45) is 5.10 Å². The van der Waals surface area contributed by atoms with E-state index in [4.69, 9.17) is 4.74 Å². The lowest BCUT2D eigenvalue weighted by Crippen LogP contribution is -2.20. The second-order valence-electron chi connectivity index (χ2n) is 9.80. The maximum Gasteiger partial charge on any atom is 0.250 e. The number of amides is 1. The Kier molecular flexibility index (Phi) is 8.97. The van der Waals surface area contributed by atoms with Crippen LogP contribution in [0.4, 0.5) is 0 Å². The van der Waals surface area contributed by atoms with E-state index in [-0.39, 0.29) is 17.1 Å². The van der Waals surface area contributed by atoms with Crippen LogP contribution >= 0.6 is 11.8 Å². The molecule has 4 aromatic rings. The van der Waals surface area contributed by atoms with E-state index in [1.165, 1.54) is 17.3 Å². The molecule has 38 heavy (non-hydrogen) atoms. The summed E-state index contributed by atoms with van der Waals surface area (Å²) in [5, 5.41) is 13.6. The highest BCUT2D eigenvalue weighted by atomic mass is 32.2. The Morgan fingerprint density at radius 1 is 1.00 bits per heavy atom. The van der Waals surface area contributed by atoms with Crippen LogP contribution in [-0.2, 0) is 10.2 Å². The van der Waals surface area contributed by atoms with Gasteiger partial charge in [-0.15, -0.1) is 10.2 Å². The number of benzene rings is 3. The molecule has 0 aliphatic carbocycles. The minimum absolute atomic E-state index is 0.0645. The van der Waals surface area contributed by atoms with Crippen molar-refractivity contribution in [3.8, 4) is 22.8 Å². The van der Waals surface area contributed by atoms with Crippen molar-refractivity contribution in [3.05, 3.63) is 90.0 Å². The summed E-state index contributed by atoms with van der Waals surface area (Å²) in [4.78, 5) is 12.5. The molecule has 1 N–H and O–H groups in total. The van der Waals surface area contributed by atoms with Crippen LogP contribution in [0, 0.1) is 0 Å². The second-order valence-corrected chi connectivity index (χ2v) is 10.7. The molecular weight excluding hydrogens is 494 g/mol. The Labute approximate surface area is 228 Å². The van der Waals surface area contributed by atoms with E-state index >= 15 is 0 Å². The third-order valence-corrected chi connectivity index (χ3v) is 6.67. The zero-order valence-electron chi connectivity index (χ0n) is 22.2. The van der Waals surface area contributed by atoms with E-state index in [0.717, 1.165) is 34.8 Å². The summed E-state index contributed by atoms with van der Waals surface area (Å²) >= 11 is 1.32. The van der Waals surface area contributed by atoms with Gasteiger partial charge in [0.05, 0.1) is 18.6 Å². The molecular formula is C30H33N5O2S. The number of carbonyl (C=O) groups is 1. The van der Waals surface area contributed by atoms with Crippen molar-refractivity contribution in [3.63, 3.8) is 0 Å². The van der Waals surface area contributed by atoms with Crippen LogP contribution in [0.5, 0.6) is 5.75 Å². The average Bonchev–Trinajstić information content (AvgIpc) is 3.35. The van der Waals surface area contributed by atoms with Crippen molar-refractivity contribution in [2.75, 3.05) is 12.4 Å². The van der Waals surface area contributed by atoms with Crippen molar-refractivity contribution in [1.29, 1.82) is 0 Å².